The van der Waals surface area contributed by atoms with Crippen LogP contribution >= 0.6 is 0 Å². The van der Waals surface area contributed by atoms with Gasteiger partial charge in [0.15, 0.2) is 11.5 Å². The smallest absolute Gasteiger partial charge is 0.253 e. The number of hydrogen-bond acceptors (Lipinski definition) is 5. The van der Waals surface area contributed by atoms with E-state index in [4.69, 9.17) is 4.42 Å². The highest BCUT2D eigenvalue weighted by atomic mass is 16.3. The lowest BCUT2D eigenvalue weighted by atomic mass is 9.97. The number of rotatable bonds is 3. The molecule has 148 valence electrons. The lowest BCUT2D eigenvalue weighted by Crippen LogP contribution is -2.39. The fraction of sp³-hybridized carbons (Fsp3) is 0.348. The molecule has 0 radical (unpaired) electrons. The van der Waals surface area contributed by atoms with E-state index >= 15 is 0 Å². The molecule has 0 saturated carbocycles. The molecule has 5 rings (SSSR count). The zero-order valence-corrected chi connectivity index (χ0v) is 16.5. The Morgan fingerprint density at radius 3 is 2.69 bits per heavy atom. The number of amides is 1. The van der Waals surface area contributed by atoms with Crippen molar-refractivity contribution in [2.24, 2.45) is 5.10 Å². The third-order valence-electron chi connectivity index (χ3n) is 5.76. The van der Waals surface area contributed by atoms with Crippen LogP contribution in [-0.2, 0) is 0 Å². The Hall–Kier alpha value is -3.15. The fourth-order valence-corrected chi connectivity index (χ4v) is 4.15. The number of piperidine rings is 1. The molecule has 1 atom stereocenters. The van der Waals surface area contributed by atoms with Crippen molar-refractivity contribution < 1.29 is 9.21 Å². The SMILES string of the molecule is CC1=NN(c2ccc(C(=O)N3CCCC(c4nc5ccccc5o4)C3)cc2)CC1. The molecule has 3 aromatic rings. The molecule has 1 amide bonds. The summed E-state index contributed by atoms with van der Waals surface area (Å²) in [5, 5.41) is 6.52. The molecule has 6 heteroatoms. The predicted octanol–water partition coefficient (Wildman–Crippen LogP) is 4.43. The highest BCUT2D eigenvalue weighted by Crippen LogP contribution is 2.30. The Kier molecular flexibility index (Phi) is 4.54. The van der Waals surface area contributed by atoms with Crippen molar-refractivity contribution in [3.05, 3.63) is 60.0 Å². The van der Waals surface area contributed by atoms with E-state index < -0.39 is 0 Å². The molecule has 2 aliphatic heterocycles. The zero-order chi connectivity index (χ0) is 19.8. The van der Waals surface area contributed by atoms with E-state index in [-0.39, 0.29) is 11.8 Å². The molecular weight excluding hydrogens is 364 g/mol. The van der Waals surface area contributed by atoms with Crippen LogP contribution in [0.15, 0.2) is 58.0 Å². The number of anilines is 1. The zero-order valence-electron chi connectivity index (χ0n) is 16.5. The van der Waals surface area contributed by atoms with Gasteiger partial charge >= 0.3 is 0 Å². The van der Waals surface area contributed by atoms with Gasteiger partial charge in [-0.05, 0) is 56.2 Å². The summed E-state index contributed by atoms with van der Waals surface area (Å²) in [5.41, 5.74) is 4.57. The molecular formula is C23H24N4O2. The first-order valence-corrected chi connectivity index (χ1v) is 10.2. The van der Waals surface area contributed by atoms with E-state index in [1.54, 1.807) is 0 Å². The highest BCUT2D eigenvalue weighted by molar-refractivity contribution is 5.95. The number of hydrazone groups is 1. The molecule has 0 bridgehead atoms. The van der Waals surface area contributed by atoms with E-state index in [1.807, 2.05) is 65.4 Å². The number of oxazole rings is 1. The van der Waals surface area contributed by atoms with Crippen molar-refractivity contribution in [2.45, 2.75) is 32.1 Å². The predicted molar refractivity (Wildman–Crippen MR) is 113 cm³/mol. The number of benzene rings is 2. The van der Waals surface area contributed by atoms with Crippen molar-refractivity contribution in [1.29, 1.82) is 0 Å². The van der Waals surface area contributed by atoms with Gasteiger partial charge < -0.3 is 9.32 Å². The summed E-state index contributed by atoms with van der Waals surface area (Å²) < 4.78 is 5.96. The molecule has 0 spiro atoms. The van der Waals surface area contributed by atoms with Gasteiger partial charge in [0.25, 0.3) is 5.91 Å². The Labute approximate surface area is 169 Å². The van der Waals surface area contributed by atoms with Gasteiger partial charge in [-0.3, -0.25) is 9.80 Å². The second kappa shape index (κ2) is 7.35. The number of para-hydroxylation sites is 2. The Morgan fingerprint density at radius 1 is 1.10 bits per heavy atom. The number of aromatic nitrogens is 1. The van der Waals surface area contributed by atoms with Gasteiger partial charge in [-0.2, -0.15) is 5.10 Å². The summed E-state index contributed by atoms with van der Waals surface area (Å²) in [7, 11) is 0. The van der Waals surface area contributed by atoms with Crippen molar-refractivity contribution >= 4 is 28.4 Å². The quantitative estimate of drug-likeness (QED) is 0.666. The summed E-state index contributed by atoms with van der Waals surface area (Å²) in [6.45, 7) is 4.36. The van der Waals surface area contributed by atoms with Crippen LogP contribution in [0.3, 0.4) is 0 Å². The minimum Gasteiger partial charge on any atom is -0.440 e. The summed E-state index contributed by atoms with van der Waals surface area (Å²) in [4.78, 5) is 19.6. The maximum absolute atomic E-state index is 13.1. The molecule has 29 heavy (non-hydrogen) atoms. The molecule has 6 nitrogen and oxygen atoms in total. The molecule has 1 aromatic heterocycles. The van der Waals surface area contributed by atoms with Crippen LogP contribution in [0.2, 0.25) is 0 Å². The number of likely N-dealkylation sites (tertiary alicyclic amines) is 1. The third-order valence-corrected chi connectivity index (χ3v) is 5.76. The number of nitrogens with zero attached hydrogens (tertiary/aromatic N) is 4. The topological polar surface area (TPSA) is 61.9 Å². The summed E-state index contributed by atoms with van der Waals surface area (Å²) in [5.74, 6) is 0.945. The van der Waals surface area contributed by atoms with Gasteiger partial charge in [0.1, 0.15) is 5.52 Å². The number of fused-ring (bicyclic) bond motifs is 1. The molecule has 0 N–H and O–H groups in total. The number of carbonyl (C=O) groups is 1. The molecule has 0 aliphatic carbocycles. The minimum absolute atomic E-state index is 0.0680. The molecule has 2 aromatic carbocycles. The molecule has 1 fully saturated rings. The summed E-state index contributed by atoms with van der Waals surface area (Å²) >= 11 is 0. The van der Waals surface area contributed by atoms with E-state index in [0.29, 0.717) is 12.1 Å². The van der Waals surface area contributed by atoms with Gasteiger partial charge in [0, 0.05) is 37.3 Å². The van der Waals surface area contributed by atoms with E-state index in [2.05, 4.69) is 10.1 Å². The Bertz CT molecular complexity index is 1040. The molecule has 2 aliphatic rings. The monoisotopic (exact) mass is 388 g/mol. The summed E-state index contributed by atoms with van der Waals surface area (Å²) in [6.07, 6.45) is 2.93. The molecule has 3 heterocycles. The van der Waals surface area contributed by atoms with Gasteiger partial charge in [0.05, 0.1) is 11.6 Å². The second-order valence-electron chi connectivity index (χ2n) is 7.87. The van der Waals surface area contributed by atoms with Crippen LogP contribution < -0.4 is 5.01 Å². The van der Waals surface area contributed by atoms with E-state index in [0.717, 1.165) is 60.7 Å². The van der Waals surface area contributed by atoms with E-state index in [9.17, 15) is 4.79 Å². The van der Waals surface area contributed by atoms with Gasteiger partial charge in [-0.1, -0.05) is 12.1 Å². The first-order chi connectivity index (χ1) is 14.2. The first kappa shape index (κ1) is 17.9. The highest BCUT2D eigenvalue weighted by Gasteiger charge is 2.28. The van der Waals surface area contributed by atoms with Gasteiger partial charge in [-0.15, -0.1) is 0 Å². The van der Waals surface area contributed by atoms with Crippen LogP contribution in [0.5, 0.6) is 0 Å². The van der Waals surface area contributed by atoms with Crippen LogP contribution in [0.1, 0.15) is 48.4 Å². The normalized spacial score (nSPS) is 19.6. The standard InChI is InChI=1S/C23H24N4O2/c1-16-12-14-27(25-16)19-10-8-17(9-11-19)23(28)26-13-4-5-18(15-26)22-24-20-6-2-3-7-21(20)29-22/h2-3,6-11,18H,4-5,12-15H2,1H3. The van der Waals surface area contributed by atoms with E-state index in [1.165, 1.54) is 0 Å². The van der Waals surface area contributed by atoms with Gasteiger partial charge in [-0.25, -0.2) is 4.98 Å². The molecule has 1 saturated heterocycles. The Morgan fingerprint density at radius 2 is 1.93 bits per heavy atom. The minimum atomic E-state index is 0.0680. The van der Waals surface area contributed by atoms with Crippen molar-refractivity contribution in [1.82, 2.24) is 9.88 Å². The van der Waals surface area contributed by atoms with Crippen molar-refractivity contribution in [3.8, 4) is 0 Å². The van der Waals surface area contributed by atoms with Crippen molar-refractivity contribution in [3.63, 3.8) is 0 Å². The summed E-state index contributed by atoms with van der Waals surface area (Å²) in [6, 6.07) is 15.6. The van der Waals surface area contributed by atoms with Crippen LogP contribution in [0.25, 0.3) is 11.1 Å². The lowest BCUT2D eigenvalue weighted by Gasteiger charge is -2.31. The largest absolute Gasteiger partial charge is 0.440 e. The maximum Gasteiger partial charge on any atom is 0.253 e. The lowest BCUT2D eigenvalue weighted by molar-refractivity contribution is 0.0699. The van der Waals surface area contributed by atoms with Crippen molar-refractivity contribution in [2.75, 3.05) is 24.6 Å². The molecule has 1 unspecified atom stereocenters. The Balaban J connectivity index is 1.30. The number of carbonyl (C=O) groups excluding carboxylic acids is 1. The van der Waals surface area contributed by atoms with Crippen LogP contribution in [0, 0.1) is 0 Å². The van der Waals surface area contributed by atoms with Gasteiger partial charge in [0.2, 0.25) is 0 Å². The average Bonchev–Trinajstić information content (AvgIpc) is 3.40. The first-order valence-electron chi connectivity index (χ1n) is 10.2. The average molecular weight is 388 g/mol. The maximum atomic E-state index is 13.1. The fourth-order valence-electron chi connectivity index (χ4n) is 4.15. The third kappa shape index (κ3) is 3.50. The number of hydrogen-bond donors (Lipinski definition) is 0. The second-order valence-corrected chi connectivity index (χ2v) is 7.87. The van der Waals surface area contributed by atoms with Crippen LogP contribution in [0.4, 0.5) is 5.69 Å². The van der Waals surface area contributed by atoms with Crippen LogP contribution in [-0.4, -0.2) is 41.1 Å².